The molecule has 0 amide bonds. The highest BCUT2D eigenvalue weighted by Crippen LogP contribution is 2.46. The predicted molar refractivity (Wildman–Crippen MR) is 156 cm³/mol. The van der Waals surface area contributed by atoms with Gasteiger partial charge >= 0.3 is 0 Å². The van der Waals surface area contributed by atoms with Crippen LogP contribution in [0.2, 0.25) is 0 Å². The van der Waals surface area contributed by atoms with Gasteiger partial charge in [-0.3, -0.25) is 0 Å². The molecular weight excluding hydrogens is 424 g/mol. The molecule has 1 aliphatic rings. The third-order valence-electron chi connectivity index (χ3n) is 8.95. The van der Waals surface area contributed by atoms with Gasteiger partial charge in [-0.25, -0.2) is 0 Å². The van der Waals surface area contributed by atoms with Crippen LogP contribution in [0.15, 0.2) is 12.1 Å². The van der Waals surface area contributed by atoms with E-state index in [1.807, 2.05) is 0 Å². The second-order valence-electron chi connectivity index (χ2n) is 12.3. The highest BCUT2D eigenvalue weighted by Gasteiger charge is 2.30. The number of unbranched alkanes of at least 4 members (excludes halogenated alkanes) is 3. The zero-order valence-corrected chi connectivity index (χ0v) is 24.9. The van der Waals surface area contributed by atoms with Crippen LogP contribution in [0.1, 0.15) is 180 Å². The Bertz CT molecular complexity index is 693. The molecule has 1 nitrogen and oxygen atoms in total. The quantitative estimate of drug-likeness (QED) is 0.212. The van der Waals surface area contributed by atoms with Gasteiger partial charge in [0, 0.05) is 0 Å². The van der Waals surface area contributed by atoms with Gasteiger partial charge in [-0.1, -0.05) is 124 Å². The Morgan fingerprint density at radius 3 is 1.94 bits per heavy atom. The normalized spacial score (nSPS) is 17.7. The van der Waals surface area contributed by atoms with Crippen LogP contribution in [-0.4, -0.2) is 6.10 Å². The van der Waals surface area contributed by atoms with Crippen molar-refractivity contribution in [2.24, 2.45) is 11.8 Å². The Labute approximate surface area is 220 Å². The van der Waals surface area contributed by atoms with Crippen molar-refractivity contribution in [2.45, 2.75) is 169 Å². The maximum atomic E-state index is 6.76. The molecular formula is C34H60O. The fraction of sp³-hybridized carbons (Fsp3) is 0.824. The van der Waals surface area contributed by atoms with E-state index in [9.17, 15) is 0 Å². The Hall–Kier alpha value is -0.980. The highest BCUT2D eigenvalue weighted by atomic mass is 16.5. The maximum Gasteiger partial charge on any atom is 0.126 e. The molecule has 0 saturated heterocycles. The van der Waals surface area contributed by atoms with Crippen molar-refractivity contribution in [1.29, 1.82) is 0 Å². The van der Waals surface area contributed by atoms with Crippen molar-refractivity contribution in [3.8, 4) is 5.75 Å². The second-order valence-corrected chi connectivity index (χ2v) is 12.3. The fourth-order valence-electron chi connectivity index (χ4n) is 6.60. The average Bonchev–Trinajstić information content (AvgIpc) is 2.85. The van der Waals surface area contributed by atoms with E-state index in [1.165, 1.54) is 107 Å². The smallest absolute Gasteiger partial charge is 0.126 e. The minimum atomic E-state index is 0.214. The highest BCUT2D eigenvalue weighted by molar-refractivity contribution is 5.49. The van der Waals surface area contributed by atoms with E-state index in [2.05, 4.69) is 67.5 Å². The van der Waals surface area contributed by atoms with E-state index in [0.717, 1.165) is 11.8 Å². The molecule has 3 unspecified atom stereocenters. The van der Waals surface area contributed by atoms with Crippen LogP contribution in [0.4, 0.5) is 0 Å². The van der Waals surface area contributed by atoms with E-state index in [4.69, 9.17) is 4.74 Å². The maximum absolute atomic E-state index is 6.76. The molecule has 0 aromatic heterocycles. The zero-order valence-electron chi connectivity index (χ0n) is 24.9. The van der Waals surface area contributed by atoms with E-state index >= 15 is 0 Å². The summed E-state index contributed by atoms with van der Waals surface area (Å²) in [6.45, 7) is 18.9. The van der Waals surface area contributed by atoms with E-state index in [0.29, 0.717) is 17.8 Å². The molecule has 0 aliphatic heterocycles. The Kier molecular flexibility index (Phi) is 13.8. The molecule has 1 heteroatoms. The van der Waals surface area contributed by atoms with Gasteiger partial charge in [-0.2, -0.15) is 0 Å². The molecule has 0 spiro atoms. The Morgan fingerprint density at radius 1 is 0.743 bits per heavy atom. The SMILES string of the molecule is CCCCCCC(C)c1cc(C(C)C(CCC)CCC)c(OC(C)C)c(C(C)C2CCCCC2)c1. The van der Waals surface area contributed by atoms with Crippen LogP contribution in [-0.2, 0) is 0 Å². The van der Waals surface area contributed by atoms with E-state index in [1.54, 1.807) is 5.56 Å². The van der Waals surface area contributed by atoms with Gasteiger partial charge in [0.1, 0.15) is 5.75 Å². The van der Waals surface area contributed by atoms with Crippen LogP contribution >= 0.6 is 0 Å². The first-order valence-corrected chi connectivity index (χ1v) is 15.7. The summed E-state index contributed by atoms with van der Waals surface area (Å²) in [4.78, 5) is 0. The lowest BCUT2D eigenvalue weighted by molar-refractivity contribution is 0.227. The van der Waals surface area contributed by atoms with Crippen molar-refractivity contribution in [3.05, 3.63) is 28.8 Å². The minimum absolute atomic E-state index is 0.214. The Morgan fingerprint density at radius 2 is 1.37 bits per heavy atom. The van der Waals surface area contributed by atoms with Crippen LogP contribution in [0.25, 0.3) is 0 Å². The van der Waals surface area contributed by atoms with E-state index in [-0.39, 0.29) is 6.10 Å². The molecule has 202 valence electrons. The lowest BCUT2D eigenvalue weighted by Crippen LogP contribution is -2.20. The van der Waals surface area contributed by atoms with Gasteiger partial charge in [0.25, 0.3) is 0 Å². The van der Waals surface area contributed by atoms with Crippen LogP contribution in [0, 0.1) is 11.8 Å². The molecule has 0 radical (unpaired) electrons. The molecule has 0 bridgehead atoms. The summed E-state index contributed by atoms with van der Waals surface area (Å²) >= 11 is 0. The number of benzene rings is 1. The first kappa shape index (κ1) is 30.2. The number of ether oxygens (including phenoxy) is 1. The lowest BCUT2D eigenvalue weighted by Gasteiger charge is -2.33. The number of hydrogen-bond acceptors (Lipinski definition) is 1. The van der Waals surface area contributed by atoms with Crippen molar-refractivity contribution < 1.29 is 4.74 Å². The second kappa shape index (κ2) is 16.0. The summed E-state index contributed by atoms with van der Waals surface area (Å²) in [5.74, 6) is 4.56. The van der Waals surface area contributed by atoms with Crippen molar-refractivity contribution in [3.63, 3.8) is 0 Å². The van der Waals surface area contributed by atoms with Crippen molar-refractivity contribution in [2.75, 3.05) is 0 Å². The third kappa shape index (κ3) is 9.12. The summed E-state index contributed by atoms with van der Waals surface area (Å²) < 4.78 is 6.76. The summed E-state index contributed by atoms with van der Waals surface area (Å²) in [6, 6.07) is 5.18. The van der Waals surface area contributed by atoms with Crippen LogP contribution in [0.5, 0.6) is 5.75 Å². The molecule has 3 atom stereocenters. The molecule has 2 rings (SSSR count). The summed E-state index contributed by atoms with van der Waals surface area (Å²) in [5, 5.41) is 0. The first-order chi connectivity index (χ1) is 16.8. The molecule has 1 aromatic carbocycles. The number of hydrogen-bond donors (Lipinski definition) is 0. The van der Waals surface area contributed by atoms with Gasteiger partial charge in [0.2, 0.25) is 0 Å². The fourth-order valence-corrected chi connectivity index (χ4v) is 6.60. The van der Waals surface area contributed by atoms with Crippen LogP contribution < -0.4 is 4.74 Å². The van der Waals surface area contributed by atoms with Gasteiger partial charge in [-0.15, -0.1) is 0 Å². The lowest BCUT2D eigenvalue weighted by atomic mass is 9.74. The van der Waals surface area contributed by atoms with E-state index < -0.39 is 0 Å². The monoisotopic (exact) mass is 484 g/mol. The molecule has 1 aliphatic carbocycles. The largest absolute Gasteiger partial charge is 0.490 e. The van der Waals surface area contributed by atoms with Gasteiger partial charge in [0.05, 0.1) is 6.10 Å². The van der Waals surface area contributed by atoms with Gasteiger partial charge in [-0.05, 0) is 79.4 Å². The van der Waals surface area contributed by atoms with Gasteiger partial charge < -0.3 is 4.74 Å². The molecule has 1 saturated carbocycles. The summed E-state index contributed by atoms with van der Waals surface area (Å²) in [6.07, 6.45) is 19.1. The third-order valence-corrected chi connectivity index (χ3v) is 8.95. The molecule has 1 fully saturated rings. The van der Waals surface area contributed by atoms with Gasteiger partial charge in [0.15, 0.2) is 0 Å². The minimum Gasteiger partial charge on any atom is -0.490 e. The predicted octanol–water partition coefficient (Wildman–Crippen LogP) is 11.6. The molecule has 0 heterocycles. The van der Waals surface area contributed by atoms with Crippen LogP contribution in [0.3, 0.4) is 0 Å². The first-order valence-electron chi connectivity index (χ1n) is 15.7. The molecule has 0 N–H and O–H groups in total. The Balaban J connectivity index is 2.55. The summed E-state index contributed by atoms with van der Waals surface area (Å²) in [7, 11) is 0. The summed E-state index contributed by atoms with van der Waals surface area (Å²) in [5.41, 5.74) is 4.61. The molecule has 35 heavy (non-hydrogen) atoms. The standard InChI is InChI=1S/C34H60O/c1-9-12-13-15-20-26(6)31-23-32(27(7)29(18-10-2)19-11-3)34(35-25(4)5)33(24-31)28(8)30-21-16-14-17-22-30/h23-30H,9-22H2,1-8H3. The molecule has 1 aromatic rings. The average molecular weight is 485 g/mol. The van der Waals surface area contributed by atoms with Crippen molar-refractivity contribution in [1.82, 2.24) is 0 Å². The zero-order chi connectivity index (χ0) is 25.8. The topological polar surface area (TPSA) is 9.23 Å². The van der Waals surface area contributed by atoms with Crippen molar-refractivity contribution >= 4 is 0 Å². The number of rotatable bonds is 16.